The van der Waals surface area contributed by atoms with Crippen LogP contribution in [0.3, 0.4) is 0 Å². The highest BCUT2D eigenvalue weighted by Gasteiger charge is 2.18. The first-order valence-corrected chi connectivity index (χ1v) is 8.09. The van der Waals surface area contributed by atoms with Gasteiger partial charge in [-0.25, -0.2) is 0 Å². The van der Waals surface area contributed by atoms with Gasteiger partial charge in [0, 0.05) is 11.1 Å². The minimum absolute atomic E-state index is 0.438. The van der Waals surface area contributed by atoms with Crippen molar-refractivity contribution in [3.05, 3.63) is 61.5 Å². The van der Waals surface area contributed by atoms with Gasteiger partial charge in [-0.3, -0.25) is 0 Å². The Balaban J connectivity index is 2.40. The van der Waals surface area contributed by atoms with E-state index in [9.17, 15) is 0 Å². The summed E-state index contributed by atoms with van der Waals surface area (Å²) < 4.78 is 5.39. The van der Waals surface area contributed by atoms with Gasteiger partial charge < -0.3 is 4.74 Å². The van der Waals surface area contributed by atoms with Crippen LogP contribution in [0.15, 0.2) is 30.3 Å². The van der Waals surface area contributed by atoms with Crippen LogP contribution in [-0.2, 0) is 0 Å². The molecule has 0 amide bonds. The summed E-state index contributed by atoms with van der Waals surface area (Å²) in [5.41, 5.74) is 1.47. The number of benzene rings is 2. The van der Waals surface area contributed by atoms with Gasteiger partial charge >= 0.3 is 0 Å². The number of rotatable bonds is 4. The Labute approximate surface area is 148 Å². The summed E-state index contributed by atoms with van der Waals surface area (Å²) in [6, 6.07) is 8.57. The first-order chi connectivity index (χ1) is 9.93. The van der Waals surface area contributed by atoms with Crippen LogP contribution < -0.4 is 4.74 Å². The largest absolute Gasteiger partial charge is 0.492 e. The Morgan fingerprint density at radius 3 is 2.24 bits per heavy atom. The third-order valence-electron chi connectivity index (χ3n) is 2.86. The summed E-state index contributed by atoms with van der Waals surface area (Å²) in [6.07, 6.45) is 0. The van der Waals surface area contributed by atoms with Crippen molar-refractivity contribution >= 4 is 58.0 Å². The van der Waals surface area contributed by atoms with Crippen LogP contribution in [0.1, 0.15) is 23.4 Å². The Kier molecular flexibility index (Phi) is 5.93. The van der Waals surface area contributed by atoms with Crippen LogP contribution in [0.4, 0.5) is 0 Å². The third-order valence-corrected chi connectivity index (χ3v) is 4.71. The zero-order valence-corrected chi connectivity index (χ0v) is 14.7. The number of hydrogen-bond donors (Lipinski definition) is 0. The van der Waals surface area contributed by atoms with Crippen molar-refractivity contribution in [3.63, 3.8) is 0 Å². The van der Waals surface area contributed by atoms with E-state index in [1.54, 1.807) is 30.3 Å². The Morgan fingerprint density at radius 1 is 0.905 bits per heavy atom. The van der Waals surface area contributed by atoms with Crippen LogP contribution in [-0.4, -0.2) is 6.61 Å². The summed E-state index contributed by atoms with van der Waals surface area (Å²) in [4.78, 5) is 0. The zero-order valence-electron chi connectivity index (χ0n) is 11.0. The van der Waals surface area contributed by atoms with Crippen molar-refractivity contribution in [1.29, 1.82) is 0 Å². The fourth-order valence-electron chi connectivity index (χ4n) is 1.85. The average molecular weight is 385 g/mol. The molecule has 1 unspecified atom stereocenters. The molecule has 0 bridgehead atoms. The Bertz CT molecular complexity index is 657. The SMILES string of the molecule is CCOc1cc(Cl)c(C(Cl)c2ccc(Cl)c(Cl)c2)cc1Cl. The molecule has 0 spiro atoms. The lowest BCUT2D eigenvalue weighted by molar-refractivity contribution is 0.340. The minimum atomic E-state index is -0.486. The van der Waals surface area contributed by atoms with Crippen molar-refractivity contribution in [1.82, 2.24) is 0 Å². The number of halogens is 5. The molecule has 0 heterocycles. The monoisotopic (exact) mass is 382 g/mol. The zero-order chi connectivity index (χ0) is 15.6. The molecular weight excluding hydrogens is 373 g/mol. The maximum absolute atomic E-state index is 6.48. The summed E-state index contributed by atoms with van der Waals surface area (Å²) >= 11 is 30.8. The Morgan fingerprint density at radius 2 is 1.62 bits per heavy atom. The van der Waals surface area contributed by atoms with Gasteiger partial charge in [0.1, 0.15) is 5.75 Å². The first-order valence-electron chi connectivity index (χ1n) is 6.14. The van der Waals surface area contributed by atoms with E-state index in [0.717, 1.165) is 5.56 Å². The molecule has 0 aliphatic rings. The van der Waals surface area contributed by atoms with E-state index in [1.165, 1.54) is 0 Å². The maximum atomic E-state index is 6.48. The number of hydrogen-bond acceptors (Lipinski definition) is 1. The van der Waals surface area contributed by atoms with Gasteiger partial charge in [-0.2, -0.15) is 0 Å². The van der Waals surface area contributed by atoms with Gasteiger partial charge in [-0.15, -0.1) is 11.6 Å². The molecule has 0 aliphatic heterocycles. The smallest absolute Gasteiger partial charge is 0.139 e. The van der Waals surface area contributed by atoms with Crippen molar-refractivity contribution < 1.29 is 4.74 Å². The van der Waals surface area contributed by atoms with Gasteiger partial charge in [0.05, 0.1) is 27.1 Å². The van der Waals surface area contributed by atoms with E-state index in [1.807, 2.05) is 6.92 Å². The molecule has 21 heavy (non-hydrogen) atoms. The van der Waals surface area contributed by atoms with Crippen molar-refractivity contribution in [2.24, 2.45) is 0 Å². The summed E-state index contributed by atoms with van der Waals surface area (Å²) in [5.74, 6) is 0.533. The average Bonchev–Trinajstić information content (AvgIpc) is 2.45. The molecule has 0 saturated heterocycles. The van der Waals surface area contributed by atoms with Crippen LogP contribution in [0, 0.1) is 0 Å². The number of ether oxygens (including phenoxy) is 1. The molecule has 0 radical (unpaired) electrons. The molecule has 2 aromatic rings. The van der Waals surface area contributed by atoms with Gasteiger partial charge in [-0.05, 0) is 36.2 Å². The predicted octanol–water partition coefficient (Wildman–Crippen LogP) is 7.03. The molecule has 0 aromatic heterocycles. The van der Waals surface area contributed by atoms with E-state index in [4.69, 9.17) is 62.7 Å². The molecule has 0 fully saturated rings. The van der Waals surface area contributed by atoms with E-state index >= 15 is 0 Å². The predicted molar refractivity (Wildman–Crippen MR) is 91.8 cm³/mol. The highest BCUT2D eigenvalue weighted by molar-refractivity contribution is 6.42. The van der Waals surface area contributed by atoms with E-state index in [2.05, 4.69) is 0 Å². The molecule has 2 aromatic carbocycles. The molecule has 0 N–H and O–H groups in total. The van der Waals surface area contributed by atoms with E-state index in [-0.39, 0.29) is 0 Å². The molecule has 0 aliphatic carbocycles. The van der Waals surface area contributed by atoms with Crippen LogP contribution in [0.5, 0.6) is 5.75 Å². The summed E-state index contributed by atoms with van der Waals surface area (Å²) in [6.45, 7) is 2.38. The highest BCUT2D eigenvalue weighted by atomic mass is 35.5. The summed E-state index contributed by atoms with van der Waals surface area (Å²) in [5, 5.41) is 1.37. The van der Waals surface area contributed by atoms with Gasteiger partial charge in [0.25, 0.3) is 0 Å². The van der Waals surface area contributed by atoms with Crippen LogP contribution in [0.25, 0.3) is 0 Å². The molecule has 112 valence electrons. The second-order valence-electron chi connectivity index (χ2n) is 4.27. The minimum Gasteiger partial charge on any atom is -0.492 e. The standard InChI is InChI=1S/C15H11Cl5O/c1-2-21-14-7-11(17)9(6-13(14)19)15(20)8-3-4-10(16)12(18)5-8/h3-7,15H,2H2,1H3. The third kappa shape index (κ3) is 3.91. The second kappa shape index (κ2) is 7.30. The lowest BCUT2D eigenvalue weighted by Gasteiger charge is -2.15. The van der Waals surface area contributed by atoms with E-state index < -0.39 is 5.38 Å². The lowest BCUT2D eigenvalue weighted by atomic mass is 10.0. The van der Waals surface area contributed by atoms with Crippen molar-refractivity contribution in [3.8, 4) is 5.75 Å². The van der Waals surface area contributed by atoms with Crippen molar-refractivity contribution in [2.45, 2.75) is 12.3 Å². The summed E-state index contributed by atoms with van der Waals surface area (Å²) in [7, 11) is 0. The fourth-order valence-corrected chi connectivity index (χ4v) is 3.02. The van der Waals surface area contributed by atoms with Crippen LogP contribution >= 0.6 is 58.0 Å². The normalized spacial score (nSPS) is 12.3. The van der Waals surface area contributed by atoms with Crippen LogP contribution in [0.2, 0.25) is 20.1 Å². The second-order valence-corrected chi connectivity index (χ2v) is 6.34. The quantitative estimate of drug-likeness (QED) is 0.514. The Hall–Kier alpha value is -0.310. The van der Waals surface area contributed by atoms with Gasteiger partial charge in [-0.1, -0.05) is 52.5 Å². The molecule has 1 nitrogen and oxygen atoms in total. The first kappa shape index (κ1) is 17.1. The van der Waals surface area contributed by atoms with E-state index in [0.29, 0.717) is 38.0 Å². The molecule has 6 heteroatoms. The molecule has 1 atom stereocenters. The molecular formula is C15H11Cl5O. The topological polar surface area (TPSA) is 9.23 Å². The number of alkyl halides is 1. The highest BCUT2D eigenvalue weighted by Crippen LogP contribution is 2.40. The lowest BCUT2D eigenvalue weighted by Crippen LogP contribution is -1.98. The molecule has 0 saturated carbocycles. The van der Waals surface area contributed by atoms with Gasteiger partial charge in [0.2, 0.25) is 0 Å². The maximum Gasteiger partial charge on any atom is 0.139 e. The van der Waals surface area contributed by atoms with Gasteiger partial charge in [0.15, 0.2) is 0 Å². The van der Waals surface area contributed by atoms with Crippen molar-refractivity contribution in [2.75, 3.05) is 6.61 Å². The molecule has 2 rings (SSSR count). The fraction of sp³-hybridized carbons (Fsp3) is 0.200.